The molecular formula is C27H42F2N4O4. The van der Waals surface area contributed by atoms with Gasteiger partial charge in [0.05, 0.1) is 5.60 Å². The minimum atomic E-state index is -1.75. The normalized spacial score (nSPS) is 21.2. The second-order valence-corrected chi connectivity index (χ2v) is 10.6. The van der Waals surface area contributed by atoms with Gasteiger partial charge in [-0.05, 0) is 51.1 Å². The second-order valence-electron chi connectivity index (χ2n) is 10.6. The Bertz CT molecular complexity index is 899. The summed E-state index contributed by atoms with van der Waals surface area (Å²) in [7, 11) is 1.86. The number of urea groups is 1. The number of benzene rings is 1. The van der Waals surface area contributed by atoms with Crippen LogP contribution in [0.25, 0.3) is 0 Å². The fourth-order valence-electron chi connectivity index (χ4n) is 6.03. The summed E-state index contributed by atoms with van der Waals surface area (Å²) >= 11 is 0. The summed E-state index contributed by atoms with van der Waals surface area (Å²) in [5.41, 5.74) is -1.90. The maximum Gasteiger partial charge on any atom is 0.404 e. The number of nitrogens with one attached hydrogen (secondary N) is 3. The number of halogens is 2. The molecule has 1 heterocycles. The predicted octanol–water partition coefficient (Wildman–Crippen LogP) is 4.18. The molecule has 3 amide bonds. The number of rotatable bonds is 11. The van der Waals surface area contributed by atoms with Gasteiger partial charge in [-0.3, -0.25) is 0 Å². The van der Waals surface area contributed by atoms with Gasteiger partial charge in [-0.25, -0.2) is 18.4 Å². The van der Waals surface area contributed by atoms with Crippen molar-refractivity contribution in [2.75, 3.05) is 33.2 Å². The van der Waals surface area contributed by atoms with Gasteiger partial charge in [0.2, 0.25) is 0 Å². The Morgan fingerprint density at radius 2 is 1.92 bits per heavy atom. The van der Waals surface area contributed by atoms with E-state index in [0.717, 1.165) is 12.5 Å². The van der Waals surface area contributed by atoms with E-state index < -0.39 is 29.2 Å². The van der Waals surface area contributed by atoms with Crippen LogP contribution < -0.4 is 16.0 Å². The van der Waals surface area contributed by atoms with Gasteiger partial charge in [0.1, 0.15) is 0 Å². The second kappa shape index (κ2) is 13.9. The Kier molecular flexibility index (Phi) is 10.9. The monoisotopic (exact) mass is 524 g/mol. The Hall–Kier alpha value is -2.46. The van der Waals surface area contributed by atoms with Gasteiger partial charge in [0.15, 0.2) is 11.6 Å². The third-order valence-electron chi connectivity index (χ3n) is 7.93. The molecule has 1 aromatic carbocycles. The van der Waals surface area contributed by atoms with Crippen molar-refractivity contribution in [3.8, 4) is 0 Å². The predicted molar refractivity (Wildman–Crippen MR) is 137 cm³/mol. The van der Waals surface area contributed by atoms with Crippen molar-refractivity contribution in [1.82, 2.24) is 20.9 Å². The highest BCUT2D eigenvalue weighted by Crippen LogP contribution is 2.41. The lowest BCUT2D eigenvalue weighted by molar-refractivity contribution is -0.0580. The van der Waals surface area contributed by atoms with Crippen molar-refractivity contribution in [1.29, 1.82) is 0 Å². The van der Waals surface area contributed by atoms with Crippen LogP contribution in [0.1, 0.15) is 69.8 Å². The number of carbonyl (C=O) groups is 2. The van der Waals surface area contributed by atoms with Gasteiger partial charge in [-0.1, -0.05) is 44.2 Å². The van der Waals surface area contributed by atoms with Crippen molar-refractivity contribution in [2.45, 2.75) is 75.9 Å². The van der Waals surface area contributed by atoms with Crippen LogP contribution in [0.5, 0.6) is 0 Å². The molecule has 0 aromatic heterocycles. The summed E-state index contributed by atoms with van der Waals surface area (Å²) in [5, 5.41) is 29.3. The van der Waals surface area contributed by atoms with E-state index in [1.54, 1.807) is 4.90 Å². The summed E-state index contributed by atoms with van der Waals surface area (Å²) < 4.78 is 29.0. The van der Waals surface area contributed by atoms with E-state index >= 15 is 0 Å². The average molecular weight is 525 g/mol. The number of likely N-dealkylation sites (N-methyl/N-ethyl adjacent to an activating group) is 1. The summed E-state index contributed by atoms with van der Waals surface area (Å²) in [6.07, 6.45) is 7.24. The lowest BCUT2D eigenvalue weighted by Crippen LogP contribution is -2.54. The molecule has 37 heavy (non-hydrogen) atoms. The van der Waals surface area contributed by atoms with E-state index in [9.17, 15) is 23.5 Å². The van der Waals surface area contributed by atoms with E-state index in [2.05, 4.69) is 16.0 Å². The van der Waals surface area contributed by atoms with Crippen molar-refractivity contribution >= 4 is 12.1 Å². The summed E-state index contributed by atoms with van der Waals surface area (Å²) in [6, 6.07) is 3.50. The van der Waals surface area contributed by atoms with Crippen LogP contribution in [0.3, 0.4) is 0 Å². The lowest BCUT2D eigenvalue weighted by Gasteiger charge is -2.43. The molecule has 208 valence electrons. The molecule has 8 nitrogen and oxygen atoms in total. The molecule has 2 aliphatic rings. The minimum Gasteiger partial charge on any atom is -0.465 e. The van der Waals surface area contributed by atoms with Gasteiger partial charge >= 0.3 is 12.1 Å². The smallest absolute Gasteiger partial charge is 0.404 e. The Morgan fingerprint density at radius 1 is 1.16 bits per heavy atom. The molecule has 0 bridgehead atoms. The fourth-order valence-corrected chi connectivity index (χ4v) is 6.03. The highest BCUT2D eigenvalue weighted by atomic mass is 19.2. The number of amides is 3. The molecule has 5 N–H and O–H groups in total. The molecule has 0 unspecified atom stereocenters. The van der Waals surface area contributed by atoms with Crippen LogP contribution in [0.2, 0.25) is 0 Å². The molecule has 1 saturated heterocycles. The molecule has 2 fully saturated rings. The number of nitrogens with zero attached hydrogens (tertiary/aromatic N) is 1. The first-order valence-corrected chi connectivity index (χ1v) is 13.6. The van der Waals surface area contributed by atoms with Crippen LogP contribution in [-0.4, -0.2) is 66.5 Å². The lowest BCUT2D eigenvalue weighted by atomic mass is 9.74. The van der Waals surface area contributed by atoms with Gasteiger partial charge in [0, 0.05) is 43.7 Å². The highest BCUT2D eigenvalue weighted by molar-refractivity contribution is 5.74. The number of hydrogen-bond acceptors (Lipinski definition) is 4. The summed E-state index contributed by atoms with van der Waals surface area (Å²) in [4.78, 5) is 25.8. The molecule has 1 aromatic rings. The first-order valence-electron chi connectivity index (χ1n) is 13.6. The quantitative estimate of drug-likeness (QED) is 0.279. The highest BCUT2D eigenvalue weighted by Gasteiger charge is 2.43. The number of hydrogen-bond donors (Lipinski definition) is 5. The van der Waals surface area contributed by atoms with Crippen molar-refractivity contribution in [3.05, 3.63) is 35.4 Å². The average Bonchev–Trinajstić information content (AvgIpc) is 2.89. The van der Waals surface area contributed by atoms with E-state index in [-0.39, 0.29) is 43.6 Å². The van der Waals surface area contributed by atoms with Crippen molar-refractivity contribution < 1.29 is 28.6 Å². The van der Waals surface area contributed by atoms with Crippen LogP contribution in [0.15, 0.2) is 18.2 Å². The zero-order chi connectivity index (χ0) is 26.8. The third kappa shape index (κ3) is 8.01. The topological polar surface area (TPSA) is 114 Å². The van der Waals surface area contributed by atoms with Crippen LogP contribution >= 0.6 is 0 Å². The van der Waals surface area contributed by atoms with Gasteiger partial charge in [-0.15, -0.1) is 0 Å². The largest absolute Gasteiger partial charge is 0.465 e. The number of aliphatic hydroxyl groups is 1. The number of likely N-dealkylation sites (tertiary alicyclic amines) is 1. The standard InChI is InChI=1S/C27H42F2N4O4/c1-30-17-21(16-19-8-3-2-4-9-19)32-25(34)33-15-6-10-20(18-33)27(37,13-7-14-31-26(35)36)22-11-5-12-23(28)24(22)29/h5,11-12,19-21,30-31,37H,2-4,6-10,13-18H2,1H3,(H,32,34)(H,35,36)/t20-,21+,27-/m1/s1. The number of carboxylic acid groups (broad SMARTS) is 1. The van der Waals surface area contributed by atoms with E-state index in [1.165, 1.54) is 44.2 Å². The van der Waals surface area contributed by atoms with Crippen LogP contribution in [0, 0.1) is 23.5 Å². The summed E-state index contributed by atoms with van der Waals surface area (Å²) in [6.45, 7) is 1.44. The van der Waals surface area contributed by atoms with Crippen molar-refractivity contribution in [3.63, 3.8) is 0 Å². The molecule has 0 spiro atoms. The molecule has 1 aliphatic heterocycles. The van der Waals surface area contributed by atoms with Crippen molar-refractivity contribution in [2.24, 2.45) is 11.8 Å². The molecule has 1 saturated carbocycles. The Labute approximate surface area is 218 Å². The first-order chi connectivity index (χ1) is 17.7. The maximum atomic E-state index is 14.9. The van der Waals surface area contributed by atoms with E-state index in [0.29, 0.717) is 31.8 Å². The molecular weight excluding hydrogens is 482 g/mol. The summed E-state index contributed by atoms with van der Waals surface area (Å²) in [5.74, 6) is -2.10. The molecule has 0 radical (unpaired) electrons. The van der Waals surface area contributed by atoms with Crippen LogP contribution in [-0.2, 0) is 5.60 Å². The van der Waals surface area contributed by atoms with E-state index in [4.69, 9.17) is 5.11 Å². The van der Waals surface area contributed by atoms with Crippen LogP contribution in [0.4, 0.5) is 18.4 Å². The molecule has 10 heteroatoms. The zero-order valence-electron chi connectivity index (χ0n) is 21.8. The zero-order valence-corrected chi connectivity index (χ0v) is 21.8. The van der Waals surface area contributed by atoms with Gasteiger partial charge in [-0.2, -0.15) is 0 Å². The molecule has 1 aliphatic carbocycles. The van der Waals surface area contributed by atoms with Gasteiger partial charge in [0.25, 0.3) is 0 Å². The molecule has 3 rings (SSSR count). The number of piperidine rings is 1. The Balaban J connectivity index is 1.72. The number of carbonyl (C=O) groups excluding carboxylic acids is 1. The van der Waals surface area contributed by atoms with E-state index in [1.807, 2.05) is 7.05 Å². The fraction of sp³-hybridized carbons (Fsp3) is 0.704. The molecule has 3 atom stereocenters. The van der Waals surface area contributed by atoms with Gasteiger partial charge < -0.3 is 31.1 Å². The third-order valence-corrected chi connectivity index (χ3v) is 7.93. The Morgan fingerprint density at radius 3 is 2.62 bits per heavy atom. The SMILES string of the molecule is CNC[C@H](CC1CCCCC1)NC(=O)N1CCC[C@@H]([C@](O)(CCCNC(=O)O)c2cccc(F)c2F)C1. The maximum absolute atomic E-state index is 14.9. The minimum absolute atomic E-state index is 0.0115. The first kappa shape index (κ1) is 29.1.